The molecule has 0 saturated carbocycles. The van der Waals surface area contributed by atoms with E-state index in [2.05, 4.69) is 6.92 Å². The van der Waals surface area contributed by atoms with Crippen molar-refractivity contribution in [1.82, 2.24) is 0 Å². The molecule has 0 aromatic carbocycles. The first-order valence-electron chi connectivity index (χ1n) is 3.48. The van der Waals surface area contributed by atoms with Crippen LogP contribution in [0.15, 0.2) is 0 Å². The van der Waals surface area contributed by atoms with E-state index in [1.807, 2.05) is 0 Å². The number of rotatable bonds is 5. The molecule has 0 rings (SSSR count). The number of halogens is 1. The van der Waals surface area contributed by atoms with E-state index < -0.39 is 0 Å². The van der Waals surface area contributed by atoms with Crippen molar-refractivity contribution in [3.8, 4) is 0 Å². The molecule has 0 radical (unpaired) electrons. The Bertz CT molecular complexity index is 56.9. The zero-order valence-electron chi connectivity index (χ0n) is 5.94. The molecule has 0 amide bonds. The summed E-state index contributed by atoms with van der Waals surface area (Å²) in [5.74, 6) is 1.38. The molecule has 0 heterocycles. The van der Waals surface area contributed by atoms with E-state index in [9.17, 15) is 0 Å². The second kappa shape index (κ2) is 6.37. The van der Waals surface area contributed by atoms with Crippen molar-refractivity contribution in [2.45, 2.75) is 26.2 Å². The smallest absolute Gasteiger partial charge is 0.0433 e. The molecule has 1 unspecified atom stereocenters. The van der Waals surface area contributed by atoms with Crippen LogP contribution in [0, 0.1) is 5.92 Å². The summed E-state index contributed by atoms with van der Waals surface area (Å²) in [5.41, 5.74) is 0. The minimum atomic E-state index is 0.309. The van der Waals surface area contributed by atoms with E-state index in [4.69, 9.17) is 16.7 Å². The Hall–Kier alpha value is 0.250. The summed E-state index contributed by atoms with van der Waals surface area (Å²) >= 11 is 5.48. The van der Waals surface area contributed by atoms with Crippen LogP contribution in [0.1, 0.15) is 26.2 Å². The van der Waals surface area contributed by atoms with Gasteiger partial charge in [0, 0.05) is 12.5 Å². The molecule has 0 aliphatic heterocycles. The SMILES string of the molecule is CC(CCO)CCCCl. The van der Waals surface area contributed by atoms with Crippen LogP contribution in [0.3, 0.4) is 0 Å². The fourth-order valence-electron chi connectivity index (χ4n) is 0.790. The molecule has 0 aliphatic rings. The molecule has 0 aliphatic carbocycles. The van der Waals surface area contributed by atoms with Gasteiger partial charge in [-0.3, -0.25) is 0 Å². The zero-order valence-corrected chi connectivity index (χ0v) is 6.69. The van der Waals surface area contributed by atoms with Crippen molar-refractivity contribution in [3.63, 3.8) is 0 Å². The predicted octanol–water partition coefficient (Wildman–Crippen LogP) is 2.02. The van der Waals surface area contributed by atoms with Crippen LogP contribution < -0.4 is 0 Å². The maximum atomic E-state index is 8.50. The largest absolute Gasteiger partial charge is 0.396 e. The van der Waals surface area contributed by atoms with Crippen molar-refractivity contribution in [1.29, 1.82) is 0 Å². The Morgan fingerprint density at radius 2 is 2.11 bits per heavy atom. The molecule has 0 aromatic rings. The molecule has 9 heavy (non-hydrogen) atoms. The maximum Gasteiger partial charge on any atom is 0.0433 e. The van der Waals surface area contributed by atoms with Crippen LogP contribution in [0.2, 0.25) is 0 Å². The van der Waals surface area contributed by atoms with Gasteiger partial charge in [-0.05, 0) is 25.2 Å². The lowest BCUT2D eigenvalue weighted by Gasteiger charge is -2.06. The van der Waals surface area contributed by atoms with Gasteiger partial charge in [-0.1, -0.05) is 6.92 Å². The first-order valence-corrected chi connectivity index (χ1v) is 4.01. The molecule has 1 nitrogen and oxygen atoms in total. The van der Waals surface area contributed by atoms with E-state index in [0.29, 0.717) is 12.5 Å². The number of alkyl halides is 1. The highest BCUT2D eigenvalue weighted by molar-refractivity contribution is 6.17. The van der Waals surface area contributed by atoms with E-state index in [-0.39, 0.29) is 0 Å². The summed E-state index contributed by atoms with van der Waals surface area (Å²) in [6, 6.07) is 0. The van der Waals surface area contributed by atoms with Crippen LogP contribution >= 0.6 is 11.6 Å². The lowest BCUT2D eigenvalue weighted by Crippen LogP contribution is -1.97. The quantitative estimate of drug-likeness (QED) is 0.595. The topological polar surface area (TPSA) is 20.2 Å². The molecule has 0 aromatic heterocycles. The lowest BCUT2D eigenvalue weighted by atomic mass is 10.0. The van der Waals surface area contributed by atoms with Crippen LogP contribution in [0.25, 0.3) is 0 Å². The fraction of sp³-hybridized carbons (Fsp3) is 1.00. The summed E-state index contributed by atoms with van der Waals surface area (Å²) < 4.78 is 0. The number of aliphatic hydroxyl groups excluding tert-OH is 1. The van der Waals surface area contributed by atoms with E-state index in [0.717, 1.165) is 25.1 Å². The third-order valence-corrected chi connectivity index (χ3v) is 1.72. The van der Waals surface area contributed by atoms with Gasteiger partial charge in [-0.15, -0.1) is 11.6 Å². The van der Waals surface area contributed by atoms with E-state index in [1.54, 1.807) is 0 Å². The Morgan fingerprint density at radius 3 is 2.56 bits per heavy atom. The van der Waals surface area contributed by atoms with Gasteiger partial charge in [-0.2, -0.15) is 0 Å². The first kappa shape index (κ1) is 9.25. The molecule has 1 atom stereocenters. The van der Waals surface area contributed by atoms with E-state index in [1.165, 1.54) is 0 Å². The van der Waals surface area contributed by atoms with Crippen LogP contribution in [0.5, 0.6) is 0 Å². The Balaban J connectivity index is 2.95. The van der Waals surface area contributed by atoms with Crippen molar-refractivity contribution < 1.29 is 5.11 Å². The zero-order chi connectivity index (χ0) is 7.11. The molecule has 1 N–H and O–H groups in total. The highest BCUT2D eigenvalue weighted by Gasteiger charge is 1.98. The van der Waals surface area contributed by atoms with Crippen molar-refractivity contribution in [2.24, 2.45) is 5.92 Å². The third-order valence-electron chi connectivity index (χ3n) is 1.45. The summed E-state index contributed by atoms with van der Waals surface area (Å²) in [6.45, 7) is 2.45. The average Bonchev–Trinajstić information content (AvgIpc) is 1.85. The molecule has 0 fully saturated rings. The van der Waals surface area contributed by atoms with Crippen molar-refractivity contribution >= 4 is 11.6 Å². The molecular weight excluding hydrogens is 136 g/mol. The average molecular weight is 151 g/mol. The predicted molar refractivity (Wildman–Crippen MR) is 40.8 cm³/mol. The molecule has 56 valence electrons. The molecular formula is C7H15ClO. The van der Waals surface area contributed by atoms with Crippen LogP contribution in [0.4, 0.5) is 0 Å². The van der Waals surface area contributed by atoms with Crippen molar-refractivity contribution in [3.05, 3.63) is 0 Å². The van der Waals surface area contributed by atoms with Gasteiger partial charge >= 0.3 is 0 Å². The number of hydrogen-bond acceptors (Lipinski definition) is 1. The second-order valence-electron chi connectivity index (χ2n) is 2.45. The molecule has 2 heteroatoms. The van der Waals surface area contributed by atoms with Gasteiger partial charge in [0.1, 0.15) is 0 Å². The minimum Gasteiger partial charge on any atom is -0.396 e. The molecule has 0 saturated heterocycles. The standard InChI is InChI=1S/C7H15ClO/c1-7(4-6-9)3-2-5-8/h7,9H,2-6H2,1H3. The summed E-state index contributed by atoms with van der Waals surface area (Å²) in [7, 11) is 0. The summed E-state index contributed by atoms with van der Waals surface area (Å²) in [5, 5.41) is 8.50. The van der Waals surface area contributed by atoms with Gasteiger partial charge in [0.2, 0.25) is 0 Å². The van der Waals surface area contributed by atoms with Gasteiger partial charge < -0.3 is 5.11 Å². The van der Waals surface area contributed by atoms with Gasteiger partial charge in [0.05, 0.1) is 0 Å². The lowest BCUT2D eigenvalue weighted by molar-refractivity contribution is 0.258. The van der Waals surface area contributed by atoms with Crippen LogP contribution in [-0.2, 0) is 0 Å². The maximum absolute atomic E-state index is 8.50. The highest BCUT2D eigenvalue weighted by Crippen LogP contribution is 2.09. The summed E-state index contributed by atoms with van der Waals surface area (Å²) in [6.07, 6.45) is 3.13. The number of hydrogen-bond donors (Lipinski definition) is 1. The normalized spacial score (nSPS) is 13.7. The van der Waals surface area contributed by atoms with Gasteiger partial charge in [0.25, 0.3) is 0 Å². The monoisotopic (exact) mass is 150 g/mol. The second-order valence-corrected chi connectivity index (χ2v) is 2.83. The highest BCUT2D eigenvalue weighted by atomic mass is 35.5. The van der Waals surface area contributed by atoms with Crippen molar-refractivity contribution in [2.75, 3.05) is 12.5 Å². The van der Waals surface area contributed by atoms with Gasteiger partial charge in [0.15, 0.2) is 0 Å². The Labute approximate surface area is 62.0 Å². The molecule has 0 bridgehead atoms. The van der Waals surface area contributed by atoms with E-state index >= 15 is 0 Å². The fourth-order valence-corrected chi connectivity index (χ4v) is 0.945. The summed E-state index contributed by atoms with van der Waals surface area (Å²) in [4.78, 5) is 0. The van der Waals surface area contributed by atoms with Crippen LogP contribution in [-0.4, -0.2) is 17.6 Å². The minimum absolute atomic E-state index is 0.309. The number of aliphatic hydroxyl groups is 1. The molecule has 0 spiro atoms. The van der Waals surface area contributed by atoms with Gasteiger partial charge in [-0.25, -0.2) is 0 Å². The third kappa shape index (κ3) is 6.13. The Morgan fingerprint density at radius 1 is 1.44 bits per heavy atom. The Kier molecular flexibility index (Phi) is 6.55. The first-order chi connectivity index (χ1) is 4.31.